The van der Waals surface area contributed by atoms with Gasteiger partial charge in [0.25, 0.3) is 5.69 Å². The molecular formula is C9H10N2O4. The highest BCUT2D eigenvalue weighted by Gasteiger charge is 2.12. The average molecular weight is 210 g/mol. The first kappa shape index (κ1) is 11.0. The van der Waals surface area contributed by atoms with Crippen LogP contribution in [0.5, 0.6) is 0 Å². The predicted molar refractivity (Wildman–Crippen MR) is 53.5 cm³/mol. The van der Waals surface area contributed by atoms with E-state index in [0.717, 1.165) is 0 Å². The molecule has 6 nitrogen and oxygen atoms in total. The van der Waals surface area contributed by atoms with E-state index >= 15 is 0 Å². The van der Waals surface area contributed by atoms with Gasteiger partial charge in [0.2, 0.25) is 0 Å². The van der Waals surface area contributed by atoms with Crippen molar-refractivity contribution in [2.75, 3.05) is 5.73 Å². The van der Waals surface area contributed by atoms with Crippen LogP contribution >= 0.6 is 0 Å². The van der Waals surface area contributed by atoms with E-state index in [9.17, 15) is 14.9 Å². The molecule has 0 fully saturated rings. The number of carboxylic acid groups (broad SMARTS) is 1. The molecule has 0 aliphatic heterocycles. The fourth-order valence-electron chi connectivity index (χ4n) is 1.15. The third kappa shape index (κ3) is 2.94. The maximum absolute atomic E-state index is 10.5. The molecule has 1 aromatic rings. The Balaban J connectivity index is 2.87. The lowest BCUT2D eigenvalue weighted by molar-refractivity contribution is -0.384. The van der Waals surface area contributed by atoms with E-state index < -0.39 is 10.9 Å². The smallest absolute Gasteiger partial charge is 0.303 e. The maximum Gasteiger partial charge on any atom is 0.303 e. The molecule has 0 radical (unpaired) electrons. The van der Waals surface area contributed by atoms with E-state index in [1.54, 1.807) is 6.07 Å². The van der Waals surface area contributed by atoms with Crippen LogP contribution in [-0.2, 0) is 11.2 Å². The summed E-state index contributed by atoms with van der Waals surface area (Å²) in [5, 5.41) is 19.0. The van der Waals surface area contributed by atoms with Gasteiger partial charge >= 0.3 is 5.97 Å². The number of aliphatic carboxylic acids is 1. The number of anilines is 1. The van der Waals surface area contributed by atoms with Crippen LogP contribution in [0.15, 0.2) is 18.2 Å². The number of aryl methyl sites for hydroxylation is 1. The first-order valence-electron chi connectivity index (χ1n) is 4.25. The molecule has 80 valence electrons. The van der Waals surface area contributed by atoms with Gasteiger partial charge in [-0.25, -0.2) is 0 Å². The first-order chi connectivity index (χ1) is 7.00. The van der Waals surface area contributed by atoms with Crippen molar-refractivity contribution < 1.29 is 14.8 Å². The van der Waals surface area contributed by atoms with Crippen LogP contribution in [0.3, 0.4) is 0 Å². The zero-order valence-electron chi connectivity index (χ0n) is 7.84. The monoisotopic (exact) mass is 210 g/mol. The summed E-state index contributed by atoms with van der Waals surface area (Å²) in [7, 11) is 0. The molecule has 6 heteroatoms. The summed E-state index contributed by atoms with van der Waals surface area (Å²) < 4.78 is 0. The second-order valence-electron chi connectivity index (χ2n) is 3.04. The van der Waals surface area contributed by atoms with Crippen molar-refractivity contribution in [2.24, 2.45) is 0 Å². The van der Waals surface area contributed by atoms with Crippen LogP contribution in [-0.4, -0.2) is 16.0 Å². The fourth-order valence-corrected chi connectivity index (χ4v) is 1.15. The molecule has 0 amide bonds. The number of carboxylic acids is 1. The van der Waals surface area contributed by atoms with Crippen molar-refractivity contribution in [1.29, 1.82) is 0 Å². The number of hydrogen-bond donors (Lipinski definition) is 2. The SMILES string of the molecule is Nc1ccc(CCC(=O)O)cc1[N+](=O)[O-]. The summed E-state index contributed by atoms with van der Waals surface area (Å²) in [6.45, 7) is 0. The molecule has 0 aliphatic rings. The number of nitrogens with zero attached hydrogens (tertiary/aromatic N) is 1. The molecule has 0 unspecified atom stereocenters. The molecule has 0 saturated carbocycles. The molecule has 0 bridgehead atoms. The summed E-state index contributed by atoms with van der Waals surface area (Å²) in [4.78, 5) is 20.2. The van der Waals surface area contributed by atoms with Crippen molar-refractivity contribution in [3.8, 4) is 0 Å². The van der Waals surface area contributed by atoms with Gasteiger partial charge in [-0.2, -0.15) is 0 Å². The van der Waals surface area contributed by atoms with Crippen LogP contribution in [0, 0.1) is 10.1 Å². The van der Waals surface area contributed by atoms with Crippen LogP contribution in [0.2, 0.25) is 0 Å². The van der Waals surface area contributed by atoms with Gasteiger partial charge in [-0.05, 0) is 18.1 Å². The van der Waals surface area contributed by atoms with Gasteiger partial charge in [-0.1, -0.05) is 6.07 Å². The lowest BCUT2D eigenvalue weighted by Gasteiger charge is -2.01. The number of rotatable bonds is 4. The summed E-state index contributed by atoms with van der Waals surface area (Å²) >= 11 is 0. The van der Waals surface area contributed by atoms with Crippen molar-refractivity contribution >= 4 is 17.3 Å². The number of carbonyl (C=O) groups is 1. The molecule has 0 spiro atoms. The van der Waals surface area contributed by atoms with Gasteiger partial charge in [0.05, 0.1) is 4.92 Å². The number of nitro groups is 1. The minimum absolute atomic E-state index is 0.0545. The van der Waals surface area contributed by atoms with E-state index in [4.69, 9.17) is 10.8 Å². The Morgan fingerprint density at radius 2 is 2.20 bits per heavy atom. The largest absolute Gasteiger partial charge is 0.481 e. The van der Waals surface area contributed by atoms with E-state index in [0.29, 0.717) is 5.56 Å². The minimum atomic E-state index is -0.936. The second kappa shape index (κ2) is 4.41. The molecule has 0 heterocycles. The van der Waals surface area contributed by atoms with Crippen LogP contribution in [0.1, 0.15) is 12.0 Å². The average Bonchev–Trinajstić information content (AvgIpc) is 2.16. The first-order valence-corrected chi connectivity index (χ1v) is 4.25. The third-order valence-corrected chi connectivity index (χ3v) is 1.92. The normalized spacial score (nSPS) is 9.87. The Kier molecular flexibility index (Phi) is 3.22. The molecule has 0 aliphatic carbocycles. The van der Waals surface area contributed by atoms with E-state index in [-0.39, 0.29) is 24.2 Å². The highest BCUT2D eigenvalue weighted by molar-refractivity contribution is 5.67. The number of nitrogen functional groups attached to an aromatic ring is 1. The number of nitro benzene ring substituents is 1. The van der Waals surface area contributed by atoms with Gasteiger partial charge < -0.3 is 10.8 Å². The third-order valence-electron chi connectivity index (χ3n) is 1.92. The van der Waals surface area contributed by atoms with Gasteiger partial charge in [-0.15, -0.1) is 0 Å². The molecule has 1 rings (SSSR count). The van der Waals surface area contributed by atoms with E-state index in [1.165, 1.54) is 12.1 Å². The predicted octanol–water partition coefficient (Wildman–Crippen LogP) is 1.19. The van der Waals surface area contributed by atoms with Gasteiger partial charge in [-0.3, -0.25) is 14.9 Å². The quantitative estimate of drug-likeness (QED) is 0.441. The van der Waals surface area contributed by atoms with Gasteiger partial charge in [0, 0.05) is 12.5 Å². The fraction of sp³-hybridized carbons (Fsp3) is 0.222. The second-order valence-corrected chi connectivity index (χ2v) is 3.04. The maximum atomic E-state index is 10.5. The Morgan fingerprint density at radius 3 is 2.73 bits per heavy atom. The van der Waals surface area contributed by atoms with Crippen LogP contribution in [0.25, 0.3) is 0 Å². The lowest BCUT2D eigenvalue weighted by Crippen LogP contribution is -2.00. The Labute approximate surface area is 85.5 Å². The molecule has 0 atom stereocenters. The molecule has 1 aromatic carbocycles. The number of nitrogens with two attached hydrogens (primary N) is 1. The summed E-state index contributed by atoms with van der Waals surface area (Å²) in [5.74, 6) is -0.936. The molecule has 15 heavy (non-hydrogen) atoms. The lowest BCUT2D eigenvalue weighted by atomic mass is 10.1. The molecule has 3 N–H and O–H groups in total. The highest BCUT2D eigenvalue weighted by Crippen LogP contribution is 2.22. The highest BCUT2D eigenvalue weighted by atomic mass is 16.6. The number of benzene rings is 1. The molecular weight excluding hydrogens is 200 g/mol. The zero-order chi connectivity index (χ0) is 11.4. The van der Waals surface area contributed by atoms with Crippen molar-refractivity contribution in [2.45, 2.75) is 12.8 Å². The molecule has 0 saturated heterocycles. The van der Waals surface area contributed by atoms with E-state index in [2.05, 4.69) is 0 Å². The van der Waals surface area contributed by atoms with E-state index in [1.807, 2.05) is 0 Å². The van der Waals surface area contributed by atoms with Crippen molar-refractivity contribution in [3.63, 3.8) is 0 Å². The van der Waals surface area contributed by atoms with Crippen LogP contribution in [0.4, 0.5) is 11.4 Å². The Bertz CT molecular complexity index is 403. The summed E-state index contributed by atoms with van der Waals surface area (Å²) in [5.41, 5.74) is 5.88. The van der Waals surface area contributed by atoms with Crippen molar-refractivity contribution in [3.05, 3.63) is 33.9 Å². The summed E-state index contributed by atoms with van der Waals surface area (Å²) in [6.07, 6.45) is 0.206. The Morgan fingerprint density at radius 1 is 1.53 bits per heavy atom. The molecule has 0 aromatic heterocycles. The zero-order valence-corrected chi connectivity index (χ0v) is 7.84. The standard InChI is InChI=1S/C9H10N2O4/c10-7-3-1-6(2-4-9(12)13)5-8(7)11(14)15/h1,3,5H,2,4,10H2,(H,12,13). The minimum Gasteiger partial charge on any atom is -0.481 e. The van der Waals surface area contributed by atoms with Gasteiger partial charge in [0.15, 0.2) is 0 Å². The van der Waals surface area contributed by atoms with Crippen LogP contribution < -0.4 is 5.73 Å². The number of hydrogen-bond acceptors (Lipinski definition) is 4. The topological polar surface area (TPSA) is 106 Å². The Hall–Kier alpha value is -2.11. The van der Waals surface area contributed by atoms with Crippen molar-refractivity contribution in [1.82, 2.24) is 0 Å². The van der Waals surface area contributed by atoms with Gasteiger partial charge in [0.1, 0.15) is 5.69 Å². The summed E-state index contributed by atoms with van der Waals surface area (Å²) in [6, 6.07) is 4.30.